The number of aromatic nitrogens is 1. The molecule has 1 N–H and O–H groups in total. The summed E-state index contributed by atoms with van der Waals surface area (Å²) in [5.41, 5.74) is 3.35. The molecule has 162 valence electrons. The summed E-state index contributed by atoms with van der Waals surface area (Å²) < 4.78 is 0. The molecule has 6 heteroatoms. The third kappa shape index (κ3) is 5.68. The van der Waals surface area contributed by atoms with Crippen LogP contribution in [0, 0.1) is 5.92 Å². The average Bonchev–Trinajstić information content (AvgIpc) is 3.20. The maximum Gasteiger partial charge on any atom is 0.226 e. The van der Waals surface area contributed by atoms with Gasteiger partial charge in [-0.15, -0.1) is 11.3 Å². The Bertz CT molecular complexity index is 826. The zero-order chi connectivity index (χ0) is 20.9. The van der Waals surface area contributed by atoms with Crippen molar-refractivity contribution in [2.24, 2.45) is 5.92 Å². The van der Waals surface area contributed by atoms with Crippen molar-refractivity contribution in [2.75, 3.05) is 33.2 Å². The summed E-state index contributed by atoms with van der Waals surface area (Å²) >= 11 is 1.63. The molecule has 2 atom stereocenters. The van der Waals surface area contributed by atoms with Gasteiger partial charge in [0.2, 0.25) is 5.91 Å². The maximum absolute atomic E-state index is 12.5. The van der Waals surface area contributed by atoms with Gasteiger partial charge in [-0.3, -0.25) is 9.69 Å². The van der Waals surface area contributed by atoms with E-state index < -0.39 is 0 Å². The fourth-order valence-corrected chi connectivity index (χ4v) is 5.32. The van der Waals surface area contributed by atoms with Crippen molar-refractivity contribution in [3.05, 3.63) is 40.9 Å². The molecule has 2 heterocycles. The normalized spacial score (nSPS) is 23.4. The number of hydrogen-bond donors (Lipinski definition) is 1. The fraction of sp³-hybridized carbons (Fsp3) is 0.583. The minimum Gasteiger partial charge on any atom is -0.353 e. The Labute approximate surface area is 184 Å². The van der Waals surface area contributed by atoms with Gasteiger partial charge in [-0.25, -0.2) is 4.98 Å². The SMILES string of the molecule is CC1CCCCC1NC(=O)Cc1csc(-c2ccc(CN3CCN(C)CC3)cc2)n1. The van der Waals surface area contributed by atoms with Gasteiger partial charge in [0, 0.05) is 49.7 Å². The van der Waals surface area contributed by atoms with Crippen LogP contribution in [0.1, 0.15) is 43.9 Å². The monoisotopic (exact) mass is 426 g/mol. The number of rotatable bonds is 6. The van der Waals surface area contributed by atoms with E-state index in [0.717, 1.165) is 55.4 Å². The van der Waals surface area contributed by atoms with E-state index >= 15 is 0 Å². The number of thiazole rings is 1. The Hall–Kier alpha value is -1.76. The molecule has 1 aliphatic carbocycles. The highest BCUT2D eigenvalue weighted by Gasteiger charge is 2.23. The van der Waals surface area contributed by atoms with Crippen LogP contribution in [0.25, 0.3) is 10.6 Å². The number of likely N-dealkylation sites (N-methyl/N-ethyl adjacent to an activating group) is 1. The van der Waals surface area contributed by atoms with Crippen LogP contribution in [0.5, 0.6) is 0 Å². The molecule has 1 saturated carbocycles. The van der Waals surface area contributed by atoms with Crippen molar-refractivity contribution in [2.45, 2.75) is 51.6 Å². The highest BCUT2D eigenvalue weighted by atomic mass is 32.1. The second-order valence-electron chi connectivity index (χ2n) is 9.03. The van der Waals surface area contributed by atoms with Crippen LogP contribution in [-0.4, -0.2) is 60.0 Å². The molecule has 1 aliphatic heterocycles. The molecule has 2 aliphatic rings. The zero-order valence-electron chi connectivity index (χ0n) is 18.3. The lowest BCUT2D eigenvalue weighted by molar-refractivity contribution is -0.121. The van der Waals surface area contributed by atoms with Crippen LogP contribution in [0.4, 0.5) is 0 Å². The molecule has 1 aromatic carbocycles. The van der Waals surface area contributed by atoms with Gasteiger partial charge in [-0.05, 0) is 31.4 Å². The van der Waals surface area contributed by atoms with Crippen molar-refractivity contribution in [3.8, 4) is 10.6 Å². The largest absolute Gasteiger partial charge is 0.353 e. The highest BCUT2D eigenvalue weighted by molar-refractivity contribution is 7.13. The van der Waals surface area contributed by atoms with Crippen molar-refractivity contribution in [1.29, 1.82) is 0 Å². The predicted octanol–water partition coefficient (Wildman–Crippen LogP) is 3.79. The van der Waals surface area contributed by atoms with Crippen molar-refractivity contribution in [1.82, 2.24) is 20.1 Å². The first-order valence-electron chi connectivity index (χ1n) is 11.3. The zero-order valence-corrected chi connectivity index (χ0v) is 19.1. The molecule has 5 nitrogen and oxygen atoms in total. The van der Waals surface area contributed by atoms with E-state index in [1.54, 1.807) is 11.3 Å². The summed E-state index contributed by atoms with van der Waals surface area (Å²) in [6, 6.07) is 9.09. The number of nitrogens with one attached hydrogen (secondary N) is 1. The van der Waals surface area contributed by atoms with E-state index in [4.69, 9.17) is 4.98 Å². The lowest BCUT2D eigenvalue weighted by Gasteiger charge is -2.32. The topological polar surface area (TPSA) is 48.5 Å². The molecule has 2 fully saturated rings. The van der Waals surface area contributed by atoms with E-state index in [-0.39, 0.29) is 5.91 Å². The van der Waals surface area contributed by atoms with E-state index in [9.17, 15) is 4.79 Å². The van der Waals surface area contributed by atoms with Crippen molar-refractivity contribution in [3.63, 3.8) is 0 Å². The lowest BCUT2D eigenvalue weighted by atomic mass is 9.86. The van der Waals surface area contributed by atoms with Gasteiger partial charge in [0.15, 0.2) is 0 Å². The highest BCUT2D eigenvalue weighted by Crippen LogP contribution is 2.26. The minimum absolute atomic E-state index is 0.105. The number of amides is 1. The molecular weight excluding hydrogens is 392 g/mol. The quantitative estimate of drug-likeness (QED) is 0.763. The summed E-state index contributed by atoms with van der Waals surface area (Å²) in [5.74, 6) is 0.686. The smallest absolute Gasteiger partial charge is 0.226 e. The summed E-state index contributed by atoms with van der Waals surface area (Å²) in [7, 11) is 2.19. The van der Waals surface area contributed by atoms with Gasteiger partial charge in [0.1, 0.15) is 5.01 Å². The summed E-state index contributed by atoms with van der Waals surface area (Å²) in [4.78, 5) is 22.1. The minimum atomic E-state index is 0.105. The van der Waals surface area contributed by atoms with Crippen LogP contribution in [0.3, 0.4) is 0 Å². The molecule has 1 amide bonds. The molecule has 0 spiro atoms. The number of benzene rings is 1. The molecule has 2 aromatic rings. The van der Waals surface area contributed by atoms with Crippen molar-refractivity contribution < 1.29 is 4.79 Å². The number of nitrogens with zero attached hydrogens (tertiary/aromatic N) is 3. The predicted molar refractivity (Wildman–Crippen MR) is 124 cm³/mol. The average molecular weight is 427 g/mol. The molecule has 0 radical (unpaired) electrons. The molecular formula is C24H34N4OS. The van der Waals surface area contributed by atoms with Gasteiger partial charge in [-0.1, -0.05) is 44.0 Å². The standard InChI is InChI=1S/C24H34N4OS/c1-18-5-3-4-6-22(18)26-23(29)15-21-17-30-24(25-21)20-9-7-19(8-10-20)16-28-13-11-27(2)12-14-28/h7-10,17-18,22H,3-6,11-16H2,1-2H3,(H,26,29). The van der Waals surface area contributed by atoms with Gasteiger partial charge >= 0.3 is 0 Å². The van der Waals surface area contributed by atoms with Crippen LogP contribution in [-0.2, 0) is 17.8 Å². The molecule has 0 bridgehead atoms. The summed E-state index contributed by atoms with van der Waals surface area (Å²) in [5, 5.41) is 6.25. The van der Waals surface area contributed by atoms with Crippen LogP contribution in [0.2, 0.25) is 0 Å². The summed E-state index contributed by atoms with van der Waals surface area (Å²) in [6.45, 7) is 7.82. The first kappa shape index (κ1) is 21.5. The van der Waals surface area contributed by atoms with E-state index in [2.05, 4.69) is 53.4 Å². The lowest BCUT2D eigenvalue weighted by Crippen LogP contribution is -2.43. The fourth-order valence-electron chi connectivity index (χ4n) is 4.49. The van der Waals surface area contributed by atoms with E-state index in [0.29, 0.717) is 18.4 Å². The molecule has 2 unspecified atom stereocenters. The number of hydrogen-bond acceptors (Lipinski definition) is 5. The summed E-state index contributed by atoms with van der Waals surface area (Å²) in [6.07, 6.45) is 5.21. The number of carbonyl (C=O) groups is 1. The number of piperazine rings is 1. The second-order valence-corrected chi connectivity index (χ2v) is 9.89. The van der Waals surface area contributed by atoms with E-state index in [1.807, 2.05) is 5.38 Å². The van der Waals surface area contributed by atoms with Crippen molar-refractivity contribution >= 4 is 17.2 Å². The molecule has 30 heavy (non-hydrogen) atoms. The van der Waals surface area contributed by atoms with Crippen LogP contribution < -0.4 is 5.32 Å². The molecule has 1 aromatic heterocycles. The Morgan fingerprint density at radius 2 is 1.87 bits per heavy atom. The van der Waals surface area contributed by atoms with Crippen LogP contribution in [0.15, 0.2) is 29.6 Å². The van der Waals surface area contributed by atoms with Gasteiger partial charge in [0.05, 0.1) is 12.1 Å². The van der Waals surface area contributed by atoms with Gasteiger partial charge in [0.25, 0.3) is 0 Å². The van der Waals surface area contributed by atoms with Gasteiger partial charge < -0.3 is 10.2 Å². The Kier molecular flexibility index (Phi) is 7.18. The first-order chi connectivity index (χ1) is 14.6. The Balaban J connectivity index is 1.30. The first-order valence-corrected chi connectivity index (χ1v) is 12.2. The Morgan fingerprint density at radius 1 is 1.13 bits per heavy atom. The molecule has 1 saturated heterocycles. The second kappa shape index (κ2) is 10.0. The van der Waals surface area contributed by atoms with Gasteiger partial charge in [-0.2, -0.15) is 0 Å². The van der Waals surface area contributed by atoms with E-state index in [1.165, 1.54) is 24.8 Å². The Morgan fingerprint density at radius 3 is 2.60 bits per heavy atom. The third-order valence-corrected chi connectivity index (χ3v) is 7.49. The molecule has 4 rings (SSSR count). The number of carbonyl (C=O) groups excluding carboxylic acids is 1. The maximum atomic E-state index is 12.5. The van der Waals surface area contributed by atoms with Crippen LogP contribution >= 0.6 is 11.3 Å². The third-order valence-electron chi connectivity index (χ3n) is 6.55.